The maximum atomic E-state index is 2.56. The molecule has 0 atom stereocenters. The van der Waals surface area contributed by atoms with E-state index in [4.69, 9.17) is 0 Å². The van der Waals surface area contributed by atoms with Gasteiger partial charge in [0.2, 0.25) is 0 Å². The Morgan fingerprint density at radius 3 is 2.29 bits per heavy atom. The van der Waals surface area contributed by atoms with Crippen LogP contribution >= 0.6 is 0 Å². The summed E-state index contributed by atoms with van der Waals surface area (Å²) in [4.78, 5) is 5.09. The molecule has 0 amide bonds. The fraction of sp³-hybridized carbons (Fsp3) is 0.148. The third-order valence-electron chi connectivity index (χ3n) is 6.73. The van der Waals surface area contributed by atoms with Crippen LogP contribution in [0, 0.1) is 6.92 Å². The quantitative estimate of drug-likeness (QED) is 0.340. The summed E-state index contributed by atoms with van der Waals surface area (Å²) in [6.07, 6.45) is 4.25. The summed E-state index contributed by atoms with van der Waals surface area (Å²) in [5.74, 6) is 1.19. The van der Waals surface area contributed by atoms with E-state index in [0.29, 0.717) is 0 Å². The van der Waals surface area contributed by atoms with Crippen LogP contribution in [0.5, 0.6) is 0 Å². The van der Waals surface area contributed by atoms with Crippen molar-refractivity contribution in [1.29, 1.82) is 0 Å². The monoisotopic (exact) mass is 402 g/mol. The zero-order chi connectivity index (χ0) is 20.9. The molecule has 3 heterocycles. The molecule has 0 spiro atoms. The van der Waals surface area contributed by atoms with Crippen molar-refractivity contribution in [3.05, 3.63) is 108 Å². The van der Waals surface area contributed by atoms with Crippen LogP contribution in [0.15, 0.2) is 91.1 Å². The van der Waals surface area contributed by atoms with Crippen molar-refractivity contribution in [2.45, 2.75) is 19.8 Å². The van der Waals surface area contributed by atoms with E-state index in [2.05, 4.69) is 119 Å². The molecule has 0 aliphatic carbocycles. The molecule has 2 aliphatic heterocycles. The molecule has 31 heavy (non-hydrogen) atoms. The number of para-hydroxylation sites is 2. The third kappa shape index (κ3) is 2.71. The second-order valence-corrected chi connectivity index (χ2v) is 8.55. The van der Waals surface area contributed by atoms with Gasteiger partial charge < -0.3 is 4.81 Å². The van der Waals surface area contributed by atoms with Crippen LogP contribution in [0.3, 0.4) is 0 Å². The average molecular weight is 402 g/mol. The highest BCUT2D eigenvalue weighted by molar-refractivity contribution is 6.84. The van der Waals surface area contributed by atoms with Crippen LogP contribution in [-0.4, -0.2) is 6.98 Å². The number of hydrogen-bond acceptors (Lipinski definition) is 2. The molecular weight excluding hydrogens is 377 g/mol. The zero-order valence-electron chi connectivity index (χ0n) is 18.0. The molecule has 0 N–H and O–H groups in total. The van der Waals surface area contributed by atoms with E-state index in [1.54, 1.807) is 0 Å². The van der Waals surface area contributed by atoms with Crippen LogP contribution in [-0.2, 0) is 19.9 Å². The number of aromatic nitrogens is 1. The van der Waals surface area contributed by atoms with Gasteiger partial charge in [0.15, 0.2) is 0 Å². The number of fused-ring (bicyclic) bond motifs is 7. The van der Waals surface area contributed by atoms with E-state index < -0.39 is 0 Å². The first-order chi connectivity index (χ1) is 15.2. The Balaban J connectivity index is 1.71. The lowest BCUT2D eigenvalue weighted by Gasteiger charge is -2.30. The Hall–Kier alpha value is -3.53. The number of anilines is 4. The Kier molecular flexibility index (Phi) is 4.13. The zero-order valence-corrected chi connectivity index (χ0v) is 18.0. The maximum absolute atomic E-state index is 2.56. The molecule has 0 radical (unpaired) electrons. The normalized spacial score (nSPS) is 14.3. The molecule has 3 aromatic carbocycles. The fourth-order valence-electron chi connectivity index (χ4n) is 5.31. The van der Waals surface area contributed by atoms with Gasteiger partial charge in [-0.25, -0.2) is 4.57 Å². The molecule has 4 heteroatoms. The van der Waals surface area contributed by atoms with Gasteiger partial charge in [0.25, 0.3) is 5.82 Å². The van der Waals surface area contributed by atoms with Crippen molar-refractivity contribution in [2.24, 2.45) is 7.05 Å². The van der Waals surface area contributed by atoms with E-state index in [0.717, 1.165) is 12.8 Å². The summed E-state index contributed by atoms with van der Waals surface area (Å²) < 4.78 is 2.23. The summed E-state index contributed by atoms with van der Waals surface area (Å²) in [5, 5.41) is 0. The van der Waals surface area contributed by atoms with Gasteiger partial charge in [-0.15, -0.1) is 0 Å². The standard InChI is InChI=1S/C27H25BN3/c1-20-10-9-15-25-27(20)31(26-16-7-8-19-29(26)2)28-23-13-5-3-11-21(23)17-18-22-12-4-6-14-24(22)30(25)28/h3-16,19H,17-18H2,1-2H3/q+1. The van der Waals surface area contributed by atoms with E-state index in [9.17, 15) is 0 Å². The van der Waals surface area contributed by atoms with Gasteiger partial charge in [-0.2, -0.15) is 0 Å². The molecule has 0 saturated heterocycles. The Morgan fingerprint density at radius 2 is 1.42 bits per heavy atom. The first-order valence-electron chi connectivity index (χ1n) is 11.0. The van der Waals surface area contributed by atoms with Crippen molar-refractivity contribution in [3.63, 3.8) is 0 Å². The summed E-state index contributed by atoms with van der Waals surface area (Å²) in [6.45, 7) is 2.30. The van der Waals surface area contributed by atoms with E-state index in [1.807, 2.05) is 0 Å². The van der Waals surface area contributed by atoms with Crippen LogP contribution in [0.4, 0.5) is 22.9 Å². The fourth-order valence-corrected chi connectivity index (χ4v) is 5.31. The number of pyridine rings is 1. The summed E-state index contributed by atoms with van der Waals surface area (Å²) in [7, 11) is 2.14. The largest absolute Gasteiger partial charge is 0.542 e. The maximum Gasteiger partial charge on any atom is 0.542 e. The van der Waals surface area contributed by atoms with Crippen molar-refractivity contribution in [2.75, 3.05) is 9.62 Å². The molecule has 6 rings (SSSR count). The van der Waals surface area contributed by atoms with Gasteiger partial charge in [0, 0.05) is 11.8 Å². The number of hydrogen-bond donors (Lipinski definition) is 0. The molecule has 1 aromatic heterocycles. The first-order valence-corrected chi connectivity index (χ1v) is 11.0. The van der Waals surface area contributed by atoms with Gasteiger partial charge in [-0.3, -0.25) is 4.81 Å². The van der Waals surface area contributed by atoms with Crippen LogP contribution < -0.4 is 19.7 Å². The molecule has 3 nitrogen and oxygen atoms in total. The highest BCUT2D eigenvalue weighted by atomic mass is 15.3. The highest BCUT2D eigenvalue weighted by Crippen LogP contribution is 2.48. The average Bonchev–Trinajstić information content (AvgIpc) is 3.12. The molecule has 0 bridgehead atoms. The number of rotatable bonds is 1. The summed E-state index contributed by atoms with van der Waals surface area (Å²) in [6, 6.07) is 31.1. The SMILES string of the molecule is Cc1cccc2c1N(c1cccc[n+]1C)B1c3ccccc3CCc3ccccc3N12. The number of aryl methyl sites for hydroxylation is 4. The lowest BCUT2D eigenvalue weighted by Crippen LogP contribution is -2.57. The van der Waals surface area contributed by atoms with E-state index >= 15 is 0 Å². The smallest absolute Gasteiger partial charge is 0.336 e. The molecular formula is C27H25BN3+. The van der Waals surface area contributed by atoms with Crippen molar-refractivity contribution in [3.8, 4) is 0 Å². The lowest BCUT2D eigenvalue weighted by atomic mass is 9.61. The van der Waals surface area contributed by atoms with Crippen LogP contribution in [0.1, 0.15) is 16.7 Å². The minimum Gasteiger partial charge on any atom is -0.336 e. The van der Waals surface area contributed by atoms with Gasteiger partial charge >= 0.3 is 6.98 Å². The van der Waals surface area contributed by atoms with Gasteiger partial charge in [-0.05, 0) is 60.1 Å². The van der Waals surface area contributed by atoms with Crippen molar-refractivity contribution in [1.82, 2.24) is 0 Å². The number of benzene rings is 3. The molecule has 2 aliphatic rings. The number of nitrogens with zero attached hydrogens (tertiary/aromatic N) is 3. The third-order valence-corrected chi connectivity index (χ3v) is 6.73. The molecule has 0 fully saturated rings. The van der Waals surface area contributed by atoms with Gasteiger partial charge in [0.1, 0.15) is 5.69 Å². The second-order valence-electron chi connectivity index (χ2n) is 8.55. The van der Waals surface area contributed by atoms with Crippen molar-refractivity contribution < 1.29 is 4.57 Å². The Morgan fingerprint density at radius 1 is 0.710 bits per heavy atom. The summed E-state index contributed by atoms with van der Waals surface area (Å²) >= 11 is 0. The van der Waals surface area contributed by atoms with E-state index in [-0.39, 0.29) is 6.98 Å². The van der Waals surface area contributed by atoms with Crippen molar-refractivity contribution >= 4 is 35.3 Å². The predicted molar refractivity (Wildman–Crippen MR) is 129 cm³/mol. The molecule has 0 saturated carbocycles. The van der Waals surface area contributed by atoms with Crippen LogP contribution in [0.2, 0.25) is 0 Å². The summed E-state index contributed by atoms with van der Waals surface area (Å²) in [5.41, 5.74) is 9.41. The highest BCUT2D eigenvalue weighted by Gasteiger charge is 2.53. The topological polar surface area (TPSA) is 10.4 Å². The molecule has 0 unspecified atom stereocenters. The van der Waals surface area contributed by atoms with Crippen LogP contribution in [0.25, 0.3) is 0 Å². The molecule has 4 aromatic rings. The predicted octanol–water partition coefficient (Wildman–Crippen LogP) is 4.60. The lowest BCUT2D eigenvalue weighted by molar-refractivity contribution is -0.658. The Labute approximate surface area is 184 Å². The minimum absolute atomic E-state index is 0.0716. The van der Waals surface area contributed by atoms with Gasteiger partial charge in [0.05, 0.1) is 18.9 Å². The Bertz CT molecular complexity index is 1300. The first kappa shape index (κ1) is 18.3. The molecule has 150 valence electrons. The second kappa shape index (κ2) is 7.02. The van der Waals surface area contributed by atoms with E-state index in [1.165, 1.54) is 45.0 Å². The van der Waals surface area contributed by atoms with Gasteiger partial charge in [-0.1, -0.05) is 60.7 Å². The minimum atomic E-state index is 0.0716.